The summed E-state index contributed by atoms with van der Waals surface area (Å²) in [5.74, 6) is -0.0303. The fourth-order valence-corrected chi connectivity index (χ4v) is 2.84. The van der Waals surface area contributed by atoms with Gasteiger partial charge in [0.05, 0.1) is 0 Å². The maximum Gasteiger partial charge on any atom is 0.268 e. The Labute approximate surface area is 122 Å². The Morgan fingerprint density at radius 2 is 2.10 bits per heavy atom. The minimum absolute atomic E-state index is 0.0493. The van der Waals surface area contributed by atoms with E-state index in [4.69, 9.17) is 5.73 Å². The lowest BCUT2D eigenvalue weighted by atomic mass is 10.3. The molecule has 110 valence electrons. The van der Waals surface area contributed by atoms with E-state index in [-0.39, 0.29) is 24.2 Å². The van der Waals surface area contributed by atoms with Crippen molar-refractivity contribution in [2.75, 3.05) is 51.4 Å². The van der Waals surface area contributed by atoms with Gasteiger partial charge in [0.15, 0.2) is 5.13 Å². The van der Waals surface area contributed by atoms with Crippen LogP contribution in [0.25, 0.3) is 0 Å². The Bertz CT molecular complexity index is 528. The van der Waals surface area contributed by atoms with Crippen molar-refractivity contribution in [3.8, 4) is 0 Å². The maximum atomic E-state index is 12.5. The minimum Gasteiger partial charge on any atom is -0.382 e. The van der Waals surface area contributed by atoms with Crippen LogP contribution in [-0.2, 0) is 4.79 Å². The first kappa shape index (κ1) is 14.6. The molecule has 2 heterocycles. The minimum atomic E-state index is -0.211. The van der Waals surface area contributed by atoms with Crippen molar-refractivity contribution in [2.24, 2.45) is 0 Å². The van der Waals surface area contributed by atoms with Gasteiger partial charge >= 0.3 is 0 Å². The normalized spacial score (nSPS) is 16.2. The number of nitrogens with two attached hydrogens (primary N) is 1. The van der Waals surface area contributed by atoms with Crippen LogP contribution in [-0.4, -0.2) is 67.4 Å². The molecule has 0 radical (unpaired) electrons. The van der Waals surface area contributed by atoms with Crippen molar-refractivity contribution in [3.63, 3.8) is 0 Å². The zero-order valence-electron chi connectivity index (χ0n) is 11.9. The molecule has 0 aliphatic carbocycles. The summed E-state index contributed by atoms with van der Waals surface area (Å²) in [5.41, 5.74) is 5.82. The van der Waals surface area contributed by atoms with Gasteiger partial charge in [0.2, 0.25) is 5.91 Å². The third-order valence-electron chi connectivity index (χ3n) is 3.18. The number of amides is 2. The van der Waals surface area contributed by atoms with E-state index in [1.165, 1.54) is 11.3 Å². The maximum absolute atomic E-state index is 12.5. The van der Waals surface area contributed by atoms with Crippen LogP contribution in [0.15, 0.2) is 0 Å². The lowest BCUT2D eigenvalue weighted by Crippen LogP contribution is -2.37. The molecule has 8 heteroatoms. The van der Waals surface area contributed by atoms with Crippen molar-refractivity contribution in [1.82, 2.24) is 14.8 Å². The van der Waals surface area contributed by atoms with E-state index in [1.54, 1.807) is 21.7 Å². The molecule has 0 unspecified atom stereocenters. The third-order valence-corrected chi connectivity index (χ3v) is 4.41. The van der Waals surface area contributed by atoms with E-state index in [0.717, 1.165) is 6.42 Å². The molecule has 1 aromatic heterocycles. The molecule has 7 nitrogen and oxygen atoms in total. The van der Waals surface area contributed by atoms with Crippen LogP contribution >= 0.6 is 11.3 Å². The number of nitrogens with zero attached hydrogens (tertiary/aromatic N) is 4. The van der Waals surface area contributed by atoms with E-state index in [0.29, 0.717) is 23.1 Å². The van der Waals surface area contributed by atoms with Gasteiger partial charge in [0.1, 0.15) is 17.2 Å². The van der Waals surface area contributed by atoms with Gasteiger partial charge in [-0.2, -0.15) is 0 Å². The van der Waals surface area contributed by atoms with E-state index in [1.807, 2.05) is 14.1 Å². The Kier molecular flexibility index (Phi) is 4.12. The van der Waals surface area contributed by atoms with Gasteiger partial charge in [-0.3, -0.25) is 9.59 Å². The van der Waals surface area contributed by atoms with Crippen LogP contribution in [0.5, 0.6) is 0 Å². The van der Waals surface area contributed by atoms with E-state index in [2.05, 4.69) is 4.98 Å². The van der Waals surface area contributed by atoms with Gasteiger partial charge in [-0.1, -0.05) is 11.3 Å². The average Bonchev–Trinajstić information content (AvgIpc) is 2.70. The highest BCUT2D eigenvalue weighted by atomic mass is 32.1. The van der Waals surface area contributed by atoms with Crippen molar-refractivity contribution in [1.29, 1.82) is 0 Å². The molecule has 1 fully saturated rings. The van der Waals surface area contributed by atoms with Crippen LogP contribution in [0.4, 0.5) is 10.9 Å². The monoisotopic (exact) mass is 297 g/mol. The number of likely N-dealkylation sites (N-methyl/N-ethyl adjacent to an activating group) is 1. The summed E-state index contributed by atoms with van der Waals surface area (Å²) >= 11 is 1.25. The number of carbonyl (C=O) groups is 2. The van der Waals surface area contributed by atoms with Crippen LogP contribution in [0.1, 0.15) is 16.1 Å². The first-order valence-corrected chi connectivity index (χ1v) is 7.18. The number of carbonyl (C=O) groups excluding carboxylic acids is 2. The number of hydrogen-bond acceptors (Lipinski definition) is 6. The molecule has 2 amide bonds. The quantitative estimate of drug-likeness (QED) is 0.837. The van der Waals surface area contributed by atoms with Crippen LogP contribution in [0, 0.1) is 0 Å². The molecule has 2 rings (SSSR count). The van der Waals surface area contributed by atoms with E-state index >= 15 is 0 Å². The lowest BCUT2D eigenvalue weighted by Gasteiger charge is -2.18. The fourth-order valence-electron chi connectivity index (χ4n) is 1.97. The highest BCUT2D eigenvalue weighted by Crippen LogP contribution is 2.28. The largest absolute Gasteiger partial charge is 0.382 e. The van der Waals surface area contributed by atoms with Crippen LogP contribution < -0.4 is 10.6 Å². The first-order valence-electron chi connectivity index (χ1n) is 6.37. The molecule has 1 saturated heterocycles. The SMILES string of the molecule is CN1CCCN(C(=O)c2sc(N(C)C)nc2N)CC1=O. The molecule has 0 aromatic carbocycles. The summed E-state index contributed by atoms with van der Waals surface area (Å²) in [4.78, 5) is 33.9. The number of thiazole rings is 1. The van der Waals surface area contributed by atoms with Gasteiger partial charge in [-0.05, 0) is 6.42 Å². The second kappa shape index (κ2) is 5.66. The van der Waals surface area contributed by atoms with Crippen LogP contribution in [0.2, 0.25) is 0 Å². The van der Waals surface area contributed by atoms with Crippen molar-refractivity contribution >= 4 is 34.1 Å². The Balaban J connectivity index is 2.20. The number of rotatable bonds is 2. The highest BCUT2D eigenvalue weighted by molar-refractivity contribution is 7.18. The zero-order valence-corrected chi connectivity index (χ0v) is 12.7. The number of hydrogen-bond donors (Lipinski definition) is 1. The first-order chi connectivity index (χ1) is 9.40. The molecule has 0 spiro atoms. The average molecular weight is 297 g/mol. The van der Waals surface area contributed by atoms with E-state index < -0.39 is 0 Å². The summed E-state index contributed by atoms with van der Waals surface area (Å²) < 4.78 is 0. The van der Waals surface area contributed by atoms with Gasteiger partial charge in [-0.25, -0.2) is 4.98 Å². The second-order valence-electron chi connectivity index (χ2n) is 5.00. The number of anilines is 2. The van der Waals surface area contributed by atoms with Crippen molar-refractivity contribution in [3.05, 3.63) is 4.88 Å². The summed E-state index contributed by atoms with van der Waals surface area (Å²) in [5, 5.41) is 0.684. The Morgan fingerprint density at radius 3 is 2.70 bits per heavy atom. The van der Waals surface area contributed by atoms with Gasteiger partial charge in [0.25, 0.3) is 5.91 Å². The molecule has 1 aliphatic rings. The summed E-state index contributed by atoms with van der Waals surface area (Å²) in [7, 11) is 5.44. The predicted molar refractivity (Wildman–Crippen MR) is 79.0 cm³/mol. The zero-order chi connectivity index (χ0) is 14.9. The molecular formula is C12H19N5O2S. The molecule has 0 saturated carbocycles. The third kappa shape index (κ3) is 2.84. The molecule has 1 aliphatic heterocycles. The standard InChI is InChI=1S/C12H19N5O2S/c1-15(2)12-14-10(13)9(20-12)11(19)17-6-4-5-16(3)8(18)7-17/h4-7,13H2,1-3H3. The molecule has 0 bridgehead atoms. The van der Waals surface area contributed by atoms with Crippen molar-refractivity contribution in [2.45, 2.75) is 6.42 Å². The lowest BCUT2D eigenvalue weighted by molar-refractivity contribution is -0.129. The fraction of sp³-hybridized carbons (Fsp3) is 0.583. The van der Waals surface area contributed by atoms with Gasteiger partial charge < -0.3 is 20.4 Å². The van der Waals surface area contributed by atoms with Crippen molar-refractivity contribution < 1.29 is 9.59 Å². The van der Waals surface area contributed by atoms with E-state index in [9.17, 15) is 9.59 Å². The predicted octanol–water partition coefficient (Wildman–Crippen LogP) is 0.0956. The number of nitrogen functional groups attached to an aromatic ring is 1. The molecule has 20 heavy (non-hydrogen) atoms. The van der Waals surface area contributed by atoms with Crippen LogP contribution in [0.3, 0.4) is 0 Å². The summed E-state index contributed by atoms with van der Waals surface area (Å²) in [6, 6.07) is 0. The second-order valence-corrected chi connectivity index (χ2v) is 5.98. The Hall–Kier alpha value is -1.83. The van der Waals surface area contributed by atoms with Gasteiger partial charge in [-0.15, -0.1) is 0 Å². The number of aromatic nitrogens is 1. The summed E-state index contributed by atoms with van der Waals surface area (Å²) in [6.07, 6.45) is 0.771. The molecule has 1 aromatic rings. The molecular weight excluding hydrogens is 278 g/mol. The summed E-state index contributed by atoms with van der Waals surface area (Å²) in [6.45, 7) is 1.33. The Morgan fingerprint density at radius 1 is 1.40 bits per heavy atom. The topological polar surface area (TPSA) is 82.8 Å². The highest BCUT2D eigenvalue weighted by Gasteiger charge is 2.27. The molecule has 2 N–H and O–H groups in total. The molecule has 0 atom stereocenters. The van der Waals surface area contributed by atoms with Gasteiger partial charge in [0, 0.05) is 34.2 Å². The smallest absolute Gasteiger partial charge is 0.268 e.